The van der Waals surface area contributed by atoms with Crippen LogP contribution in [0.4, 0.5) is 0 Å². The lowest BCUT2D eigenvalue weighted by Crippen LogP contribution is -2.52. The zero-order chi connectivity index (χ0) is 13.7. The molecule has 0 heterocycles. The Morgan fingerprint density at radius 1 is 0.944 bits per heavy atom. The first-order valence-corrected chi connectivity index (χ1v) is 6.36. The van der Waals surface area contributed by atoms with Gasteiger partial charge in [-0.3, -0.25) is 0 Å². The largest absolute Gasteiger partial charge is 0.394 e. The van der Waals surface area contributed by atoms with Gasteiger partial charge in [0.1, 0.15) is 0 Å². The van der Waals surface area contributed by atoms with Crippen LogP contribution in [0.5, 0.6) is 0 Å². The van der Waals surface area contributed by atoms with Crippen molar-refractivity contribution in [1.82, 2.24) is 5.32 Å². The molecule has 0 unspecified atom stereocenters. The summed E-state index contributed by atoms with van der Waals surface area (Å²) in [6, 6.07) is 0. The smallest absolute Gasteiger partial charge is 0.0701 e. The van der Waals surface area contributed by atoms with Gasteiger partial charge in [-0.1, -0.05) is 6.92 Å². The number of hydrogen-bond acceptors (Lipinski definition) is 6. The topological polar surface area (TPSA) is 80.2 Å². The summed E-state index contributed by atoms with van der Waals surface area (Å²) in [7, 11) is 1.63. The summed E-state index contributed by atoms with van der Waals surface area (Å²) in [5.41, 5.74) is -0.599. The molecule has 18 heavy (non-hydrogen) atoms. The molecule has 0 saturated carbocycles. The van der Waals surface area contributed by atoms with Gasteiger partial charge in [0.2, 0.25) is 0 Å². The normalized spacial score (nSPS) is 12.0. The van der Waals surface area contributed by atoms with E-state index in [2.05, 4.69) is 5.32 Å². The molecule has 0 amide bonds. The predicted octanol–water partition coefficient (Wildman–Crippen LogP) is -0.611. The van der Waals surface area contributed by atoms with E-state index in [9.17, 15) is 10.2 Å². The molecule has 0 aliphatic heterocycles. The summed E-state index contributed by atoms with van der Waals surface area (Å²) in [4.78, 5) is 0. The third-order valence-electron chi connectivity index (χ3n) is 2.83. The van der Waals surface area contributed by atoms with Gasteiger partial charge in [0, 0.05) is 13.7 Å². The van der Waals surface area contributed by atoms with Crippen LogP contribution < -0.4 is 5.32 Å². The minimum atomic E-state index is -0.599. The van der Waals surface area contributed by atoms with Crippen LogP contribution in [0, 0.1) is 0 Å². The first-order chi connectivity index (χ1) is 8.74. The maximum absolute atomic E-state index is 9.20. The zero-order valence-electron chi connectivity index (χ0n) is 11.5. The molecule has 0 aromatic heterocycles. The van der Waals surface area contributed by atoms with Crippen LogP contribution in [0.15, 0.2) is 0 Å². The summed E-state index contributed by atoms with van der Waals surface area (Å²) >= 11 is 0. The molecule has 3 N–H and O–H groups in total. The molecule has 0 spiro atoms. The summed E-state index contributed by atoms with van der Waals surface area (Å²) in [6.45, 7) is 5.11. The van der Waals surface area contributed by atoms with Gasteiger partial charge in [-0.15, -0.1) is 0 Å². The highest BCUT2D eigenvalue weighted by atomic mass is 16.5. The van der Waals surface area contributed by atoms with Gasteiger partial charge < -0.3 is 29.7 Å². The summed E-state index contributed by atoms with van der Waals surface area (Å²) in [6.07, 6.45) is 0.667. The van der Waals surface area contributed by atoms with Crippen LogP contribution in [-0.4, -0.2) is 75.7 Å². The van der Waals surface area contributed by atoms with Gasteiger partial charge in [0.05, 0.1) is 51.8 Å². The van der Waals surface area contributed by atoms with E-state index < -0.39 is 5.54 Å². The van der Waals surface area contributed by atoms with Crippen molar-refractivity contribution < 1.29 is 24.4 Å². The third-order valence-corrected chi connectivity index (χ3v) is 2.83. The van der Waals surface area contributed by atoms with Gasteiger partial charge in [0.15, 0.2) is 0 Å². The molecule has 0 radical (unpaired) electrons. The Hall–Kier alpha value is -0.240. The number of rotatable bonds is 13. The lowest BCUT2D eigenvalue weighted by Gasteiger charge is -2.29. The Morgan fingerprint density at radius 3 is 2.00 bits per heavy atom. The van der Waals surface area contributed by atoms with Crippen molar-refractivity contribution in [3.8, 4) is 0 Å². The standard InChI is InChI=1S/C12H27NO5/c1-3-12(10-14,11-15)13-4-5-17-8-9-18-7-6-16-2/h13-15H,3-11H2,1-2H3. The monoisotopic (exact) mass is 265 g/mol. The van der Waals surface area contributed by atoms with Crippen LogP contribution in [0.2, 0.25) is 0 Å². The second-order valence-corrected chi connectivity index (χ2v) is 4.09. The number of methoxy groups -OCH3 is 1. The Balaban J connectivity index is 3.38. The van der Waals surface area contributed by atoms with Crippen molar-refractivity contribution in [3.63, 3.8) is 0 Å². The molecular formula is C12H27NO5. The lowest BCUT2D eigenvalue weighted by atomic mass is 9.99. The minimum Gasteiger partial charge on any atom is -0.394 e. The minimum absolute atomic E-state index is 0.0832. The highest BCUT2D eigenvalue weighted by Crippen LogP contribution is 2.07. The van der Waals surface area contributed by atoms with Crippen LogP contribution in [0.25, 0.3) is 0 Å². The Labute approximate surface area is 109 Å². The van der Waals surface area contributed by atoms with E-state index in [0.717, 1.165) is 0 Å². The molecular weight excluding hydrogens is 238 g/mol. The zero-order valence-corrected chi connectivity index (χ0v) is 11.5. The van der Waals surface area contributed by atoms with Gasteiger partial charge in [-0.25, -0.2) is 0 Å². The highest BCUT2D eigenvalue weighted by molar-refractivity contribution is 4.84. The predicted molar refractivity (Wildman–Crippen MR) is 68.7 cm³/mol. The molecule has 0 bridgehead atoms. The molecule has 0 aliphatic carbocycles. The van der Waals surface area contributed by atoms with Crippen molar-refractivity contribution in [2.24, 2.45) is 0 Å². The van der Waals surface area contributed by atoms with E-state index in [1.807, 2.05) is 6.92 Å². The van der Waals surface area contributed by atoms with Gasteiger partial charge in [0.25, 0.3) is 0 Å². The molecule has 0 saturated heterocycles. The summed E-state index contributed by atoms with van der Waals surface area (Å²) in [5, 5.41) is 21.5. The van der Waals surface area contributed by atoms with Crippen LogP contribution in [0.1, 0.15) is 13.3 Å². The third kappa shape index (κ3) is 7.97. The maximum atomic E-state index is 9.20. The average molecular weight is 265 g/mol. The summed E-state index contributed by atoms with van der Waals surface area (Å²) in [5.74, 6) is 0. The molecule has 0 atom stereocenters. The lowest BCUT2D eigenvalue weighted by molar-refractivity contribution is 0.0211. The molecule has 6 nitrogen and oxygen atoms in total. The Kier molecular flexibility index (Phi) is 11.7. The quantitative estimate of drug-likeness (QED) is 0.386. The van der Waals surface area contributed by atoms with Crippen molar-refractivity contribution in [1.29, 1.82) is 0 Å². The van der Waals surface area contributed by atoms with Gasteiger partial charge in [-0.05, 0) is 6.42 Å². The number of ether oxygens (including phenoxy) is 3. The number of aliphatic hydroxyl groups is 2. The van der Waals surface area contributed by atoms with E-state index in [1.165, 1.54) is 0 Å². The van der Waals surface area contributed by atoms with Crippen molar-refractivity contribution in [2.45, 2.75) is 18.9 Å². The van der Waals surface area contributed by atoms with Gasteiger partial charge >= 0.3 is 0 Å². The first kappa shape index (κ1) is 17.8. The van der Waals surface area contributed by atoms with E-state index >= 15 is 0 Å². The van der Waals surface area contributed by atoms with Gasteiger partial charge in [-0.2, -0.15) is 0 Å². The van der Waals surface area contributed by atoms with Crippen LogP contribution in [0.3, 0.4) is 0 Å². The molecule has 0 aromatic rings. The van der Waals surface area contributed by atoms with Crippen molar-refractivity contribution in [2.75, 3.05) is 59.9 Å². The number of hydrogen-bond donors (Lipinski definition) is 3. The Morgan fingerprint density at radius 2 is 1.50 bits per heavy atom. The van der Waals surface area contributed by atoms with Crippen LogP contribution in [-0.2, 0) is 14.2 Å². The SMILES string of the molecule is CCC(CO)(CO)NCCOCCOCCOC. The van der Waals surface area contributed by atoms with E-state index in [4.69, 9.17) is 14.2 Å². The average Bonchev–Trinajstić information content (AvgIpc) is 2.42. The highest BCUT2D eigenvalue weighted by Gasteiger charge is 2.25. The fourth-order valence-electron chi connectivity index (χ4n) is 1.36. The fourth-order valence-corrected chi connectivity index (χ4v) is 1.36. The Bertz CT molecular complexity index is 168. The molecule has 0 fully saturated rings. The van der Waals surface area contributed by atoms with Crippen molar-refractivity contribution in [3.05, 3.63) is 0 Å². The van der Waals surface area contributed by atoms with Crippen LogP contribution >= 0.6 is 0 Å². The molecule has 0 aliphatic rings. The summed E-state index contributed by atoms with van der Waals surface area (Å²) < 4.78 is 15.4. The van der Waals surface area contributed by atoms with Crippen molar-refractivity contribution >= 4 is 0 Å². The fraction of sp³-hybridized carbons (Fsp3) is 1.00. The molecule has 0 aromatic carbocycles. The van der Waals surface area contributed by atoms with E-state index in [-0.39, 0.29) is 13.2 Å². The molecule has 6 heteroatoms. The van der Waals surface area contributed by atoms with E-state index in [1.54, 1.807) is 7.11 Å². The number of aliphatic hydroxyl groups excluding tert-OH is 2. The maximum Gasteiger partial charge on any atom is 0.0701 e. The molecule has 0 rings (SSSR count). The first-order valence-electron chi connectivity index (χ1n) is 6.36. The second-order valence-electron chi connectivity index (χ2n) is 4.09. The van der Waals surface area contributed by atoms with E-state index in [0.29, 0.717) is 46.0 Å². The molecule has 110 valence electrons. The number of nitrogens with one attached hydrogen (secondary N) is 1. The second kappa shape index (κ2) is 11.8.